The SMILES string of the molecule is N#CC(=NOCC(N)=O)C(=O)N1CCCC1. The first-order chi connectivity index (χ1) is 7.65. The number of nitrogens with two attached hydrogens (primary N) is 1. The lowest BCUT2D eigenvalue weighted by molar-refractivity contribution is -0.124. The van der Waals surface area contributed by atoms with E-state index in [1.165, 1.54) is 4.90 Å². The lowest BCUT2D eigenvalue weighted by Crippen LogP contribution is -2.33. The number of hydrogen-bond acceptors (Lipinski definition) is 5. The van der Waals surface area contributed by atoms with E-state index < -0.39 is 18.4 Å². The van der Waals surface area contributed by atoms with Gasteiger partial charge in [-0.05, 0) is 12.8 Å². The van der Waals surface area contributed by atoms with Gasteiger partial charge in [0, 0.05) is 13.1 Å². The van der Waals surface area contributed by atoms with E-state index in [0.717, 1.165) is 12.8 Å². The van der Waals surface area contributed by atoms with Gasteiger partial charge in [-0.1, -0.05) is 5.16 Å². The monoisotopic (exact) mass is 224 g/mol. The molecule has 0 bridgehead atoms. The van der Waals surface area contributed by atoms with E-state index in [4.69, 9.17) is 11.0 Å². The van der Waals surface area contributed by atoms with Crippen molar-refractivity contribution in [3.63, 3.8) is 0 Å². The van der Waals surface area contributed by atoms with Crippen LogP contribution in [0.4, 0.5) is 0 Å². The Kier molecular flexibility index (Phi) is 4.27. The topological polar surface area (TPSA) is 109 Å². The van der Waals surface area contributed by atoms with Gasteiger partial charge in [-0.3, -0.25) is 9.59 Å². The van der Waals surface area contributed by atoms with Crippen molar-refractivity contribution in [3.05, 3.63) is 0 Å². The van der Waals surface area contributed by atoms with Crippen molar-refractivity contribution in [2.45, 2.75) is 12.8 Å². The molecule has 0 aromatic heterocycles. The van der Waals surface area contributed by atoms with E-state index in [1.807, 2.05) is 0 Å². The van der Waals surface area contributed by atoms with Crippen molar-refractivity contribution >= 4 is 17.5 Å². The zero-order valence-electron chi connectivity index (χ0n) is 8.68. The summed E-state index contributed by atoms with van der Waals surface area (Å²) in [6, 6.07) is 1.63. The lowest BCUT2D eigenvalue weighted by Gasteiger charge is -2.12. The molecule has 1 aliphatic heterocycles. The molecule has 1 fully saturated rings. The zero-order valence-corrected chi connectivity index (χ0v) is 8.68. The number of rotatable bonds is 4. The molecule has 1 heterocycles. The predicted octanol–water partition coefficient (Wildman–Crippen LogP) is -1.01. The van der Waals surface area contributed by atoms with Gasteiger partial charge < -0.3 is 15.5 Å². The Balaban J connectivity index is 2.55. The minimum absolute atomic E-state index is 0.358. The summed E-state index contributed by atoms with van der Waals surface area (Å²) in [5, 5.41) is 12.0. The Hall–Kier alpha value is -2.10. The maximum absolute atomic E-state index is 11.6. The molecule has 0 aromatic carbocycles. The average molecular weight is 224 g/mol. The fraction of sp³-hybridized carbons (Fsp3) is 0.556. The predicted molar refractivity (Wildman–Crippen MR) is 54.0 cm³/mol. The molecule has 1 rings (SSSR count). The van der Waals surface area contributed by atoms with Crippen molar-refractivity contribution in [2.24, 2.45) is 10.9 Å². The van der Waals surface area contributed by atoms with Crippen LogP contribution in [0.1, 0.15) is 12.8 Å². The van der Waals surface area contributed by atoms with Crippen LogP contribution < -0.4 is 5.73 Å². The summed E-state index contributed by atoms with van der Waals surface area (Å²) in [5.41, 5.74) is 4.45. The number of nitrogens with zero attached hydrogens (tertiary/aromatic N) is 3. The largest absolute Gasteiger partial charge is 0.384 e. The molecule has 7 heteroatoms. The Morgan fingerprint density at radius 2 is 2.06 bits per heavy atom. The van der Waals surface area contributed by atoms with Gasteiger partial charge in [0.05, 0.1) is 0 Å². The standard InChI is InChI=1S/C9H12N4O3/c10-5-7(12-16-6-8(11)14)9(15)13-3-1-2-4-13/h1-4,6H2,(H2,11,14). The van der Waals surface area contributed by atoms with Gasteiger partial charge in [0.25, 0.3) is 11.8 Å². The second kappa shape index (κ2) is 5.70. The number of carbonyl (C=O) groups is 2. The summed E-state index contributed by atoms with van der Waals surface area (Å²) in [4.78, 5) is 28.0. The van der Waals surface area contributed by atoms with E-state index in [2.05, 4.69) is 9.99 Å². The molecule has 0 unspecified atom stereocenters. The van der Waals surface area contributed by atoms with Crippen molar-refractivity contribution in [2.75, 3.05) is 19.7 Å². The number of hydrogen-bond donors (Lipinski definition) is 1. The number of carbonyl (C=O) groups excluding carboxylic acids is 2. The number of nitriles is 1. The molecule has 86 valence electrons. The van der Waals surface area contributed by atoms with Crippen LogP contribution in [0, 0.1) is 11.3 Å². The Morgan fingerprint density at radius 1 is 1.44 bits per heavy atom. The van der Waals surface area contributed by atoms with E-state index in [1.54, 1.807) is 6.07 Å². The van der Waals surface area contributed by atoms with Crippen molar-refractivity contribution in [1.82, 2.24) is 4.90 Å². The van der Waals surface area contributed by atoms with Gasteiger partial charge in [0.1, 0.15) is 6.07 Å². The zero-order chi connectivity index (χ0) is 12.0. The van der Waals surface area contributed by atoms with E-state index in [0.29, 0.717) is 13.1 Å². The molecule has 0 radical (unpaired) electrons. The molecule has 0 aromatic rings. The molecule has 2 N–H and O–H groups in total. The molecule has 7 nitrogen and oxygen atoms in total. The number of oxime groups is 1. The fourth-order valence-corrected chi connectivity index (χ4v) is 1.34. The average Bonchev–Trinajstić information content (AvgIpc) is 2.76. The highest BCUT2D eigenvalue weighted by Crippen LogP contribution is 2.07. The molecule has 2 amide bonds. The van der Waals surface area contributed by atoms with E-state index in [9.17, 15) is 9.59 Å². The maximum Gasteiger partial charge on any atom is 0.286 e. The van der Waals surface area contributed by atoms with Crippen molar-refractivity contribution < 1.29 is 14.4 Å². The Labute approximate surface area is 92.4 Å². The third kappa shape index (κ3) is 3.24. The van der Waals surface area contributed by atoms with Crippen LogP contribution in [0.25, 0.3) is 0 Å². The third-order valence-electron chi connectivity index (χ3n) is 2.06. The summed E-state index contributed by atoms with van der Waals surface area (Å²) in [6.45, 7) is 0.795. The van der Waals surface area contributed by atoms with E-state index >= 15 is 0 Å². The molecular weight excluding hydrogens is 212 g/mol. The van der Waals surface area contributed by atoms with Crippen molar-refractivity contribution in [3.8, 4) is 6.07 Å². The van der Waals surface area contributed by atoms with Crippen LogP contribution in [0.15, 0.2) is 5.16 Å². The molecule has 0 saturated carbocycles. The summed E-state index contributed by atoms with van der Waals surface area (Å²) in [6.07, 6.45) is 1.85. The third-order valence-corrected chi connectivity index (χ3v) is 2.06. The van der Waals surface area contributed by atoms with Gasteiger partial charge in [-0.15, -0.1) is 0 Å². The summed E-state index contributed by atoms with van der Waals surface area (Å²) >= 11 is 0. The van der Waals surface area contributed by atoms with Gasteiger partial charge in [-0.25, -0.2) is 0 Å². The first-order valence-electron chi connectivity index (χ1n) is 4.83. The van der Waals surface area contributed by atoms with Gasteiger partial charge in [0.15, 0.2) is 6.61 Å². The quantitative estimate of drug-likeness (QED) is 0.487. The smallest absolute Gasteiger partial charge is 0.286 e. The molecular formula is C9H12N4O3. The molecule has 16 heavy (non-hydrogen) atoms. The van der Waals surface area contributed by atoms with Gasteiger partial charge in [-0.2, -0.15) is 5.26 Å². The second-order valence-corrected chi connectivity index (χ2v) is 3.29. The minimum atomic E-state index is -0.713. The van der Waals surface area contributed by atoms with Crippen LogP contribution in [0.3, 0.4) is 0 Å². The normalized spacial score (nSPS) is 15.7. The van der Waals surface area contributed by atoms with Crippen LogP contribution in [0.2, 0.25) is 0 Å². The highest BCUT2D eigenvalue weighted by Gasteiger charge is 2.23. The van der Waals surface area contributed by atoms with Crippen LogP contribution in [-0.2, 0) is 14.4 Å². The molecule has 0 aliphatic carbocycles. The van der Waals surface area contributed by atoms with Crippen LogP contribution >= 0.6 is 0 Å². The molecule has 0 atom stereocenters. The van der Waals surface area contributed by atoms with Crippen LogP contribution in [0.5, 0.6) is 0 Å². The summed E-state index contributed by atoms with van der Waals surface area (Å²) < 4.78 is 0. The molecule has 1 aliphatic rings. The van der Waals surface area contributed by atoms with Crippen molar-refractivity contribution in [1.29, 1.82) is 5.26 Å². The first kappa shape index (κ1) is 12.0. The second-order valence-electron chi connectivity index (χ2n) is 3.29. The lowest BCUT2D eigenvalue weighted by atomic mass is 10.3. The number of amides is 2. The maximum atomic E-state index is 11.6. The highest BCUT2D eigenvalue weighted by molar-refractivity contribution is 6.44. The van der Waals surface area contributed by atoms with E-state index in [-0.39, 0.29) is 5.71 Å². The van der Waals surface area contributed by atoms with Gasteiger partial charge >= 0.3 is 0 Å². The summed E-state index contributed by atoms with van der Waals surface area (Å²) in [5.74, 6) is -1.18. The Morgan fingerprint density at radius 3 is 2.56 bits per heavy atom. The Bertz CT molecular complexity index is 352. The minimum Gasteiger partial charge on any atom is -0.384 e. The fourth-order valence-electron chi connectivity index (χ4n) is 1.34. The summed E-state index contributed by atoms with van der Waals surface area (Å²) in [7, 11) is 0. The number of likely N-dealkylation sites (tertiary alicyclic amines) is 1. The van der Waals surface area contributed by atoms with Crippen LogP contribution in [-0.4, -0.2) is 42.1 Å². The highest BCUT2D eigenvalue weighted by atomic mass is 16.6. The molecule has 1 saturated heterocycles. The first-order valence-corrected chi connectivity index (χ1v) is 4.83. The van der Waals surface area contributed by atoms with Gasteiger partial charge in [0.2, 0.25) is 5.71 Å². The molecule has 0 spiro atoms. The number of primary amides is 1.